The molecule has 0 aliphatic carbocycles. The van der Waals surface area contributed by atoms with Gasteiger partial charge in [-0.3, -0.25) is 9.59 Å². The SMILES string of the molecule is CCN(Cc1ccccc1)C(=O)COC(=O)c1cc(=O)c2ccccc2o1. The molecule has 27 heavy (non-hydrogen) atoms. The van der Waals surface area contributed by atoms with E-state index in [-0.39, 0.29) is 17.1 Å². The molecule has 0 aliphatic rings. The summed E-state index contributed by atoms with van der Waals surface area (Å²) in [5.74, 6) is -1.39. The van der Waals surface area contributed by atoms with Crippen LogP contribution in [0.25, 0.3) is 11.0 Å². The predicted molar refractivity (Wildman–Crippen MR) is 100 cm³/mol. The van der Waals surface area contributed by atoms with Crippen LogP contribution in [0.3, 0.4) is 0 Å². The minimum atomic E-state index is -0.845. The topological polar surface area (TPSA) is 76.8 Å². The fraction of sp³-hybridized carbons (Fsp3) is 0.190. The van der Waals surface area contributed by atoms with E-state index in [0.29, 0.717) is 24.1 Å². The van der Waals surface area contributed by atoms with Gasteiger partial charge in [0.2, 0.25) is 5.76 Å². The van der Waals surface area contributed by atoms with Crippen LogP contribution in [0.15, 0.2) is 69.9 Å². The van der Waals surface area contributed by atoms with Crippen molar-refractivity contribution in [2.45, 2.75) is 13.5 Å². The number of benzene rings is 2. The van der Waals surface area contributed by atoms with Crippen molar-refractivity contribution < 1.29 is 18.7 Å². The lowest BCUT2D eigenvalue weighted by Crippen LogP contribution is -2.34. The Labute approximate surface area is 156 Å². The van der Waals surface area contributed by atoms with Gasteiger partial charge in [-0.15, -0.1) is 0 Å². The number of carbonyl (C=O) groups excluding carboxylic acids is 2. The van der Waals surface area contributed by atoms with Crippen LogP contribution >= 0.6 is 0 Å². The number of carbonyl (C=O) groups is 2. The van der Waals surface area contributed by atoms with Gasteiger partial charge in [-0.25, -0.2) is 4.79 Å². The Morgan fingerprint density at radius 1 is 1.04 bits per heavy atom. The first kappa shape index (κ1) is 18.4. The number of nitrogens with zero attached hydrogens (tertiary/aromatic N) is 1. The number of hydrogen-bond donors (Lipinski definition) is 0. The Morgan fingerprint density at radius 3 is 2.48 bits per heavy atom. The quantitative estimate of drug-likeness (QED) is 0.628. The molecule has 2 aromatic carbocycles. The molecular weight excluding hydrogens is 346 g/mol. The molecule has 0 spiro atoms. The van der Waals surface area contributed by atoms with E-state index in [1.54, 1.807) is 29.2 Å². The molecule has 0 bridgehead atoms. The van der Waals surface area contributed by atoms with Crippen molar-refractivity contribution in [3.63, 3.8) is 0 Å². The Balaban J connectivity index is 1.66. The number of fused-ring (bicyclic) bond motifs is 1. The highest BCUT2D eigenvalue weighted by atomic mass is 16.5. The summed E-state index contributed by atoms with van der Waals surface area (Å²) in [6.07, 6.45) is 0. The lowest BCUT2D eigenvalue weighted by molar-refractivity contribution is -0.135. The van der Waals surface area contributed by atoms with Gasteiger partial charge in [0.15, 0.2) is 12.0 Å². The number of likely N-dealkylation sites (N-methyl/N-ethyl adjacent to an activating group) is 1. The molecule has 1 amide bonds. The van der Waals surface area contributed by atoms with E-state index in [0.717, 1.165) is 11.6 Å². The summed E-state index contributed by atoms with van der Waals surface area (Å²) in [7, 11) is 0. The summed E-state index contributed by atoms with van der Waals surface area (Å²) in [6, 6.07) is 17.2. The second kappa shape index (κ2) is 8.31. The zero-order valence-electron chi connectivity index (χ0n) is 14.9. The van der Waals surface area contributed by atoms with Crippen molar-refractivity contribution in [1.82, 2.24) is 4.90 Å². The normalized spacial score (nSPS) is 10.6. The minimum Gasteiger partial charge on any atom is -0.450 e. The summed E-state index contributed by atoms with van der Waals surface area (Å²) in [6.45, 7) is 2.34. The van der Waals surface area contributed by atoms with E-state index < -0.39 is 12.6 Å². The third-order valence-electron chi connectivity index (χ3n) is 4.11. The Bertz CT molecular complexity index is 1010. The van der Waals surface area contributed by atoms with Crippen LogP contribution in [-0.4, -0.2) is 29.9 Å². The molecule has 0 atom stereocenters. The number of hydrogen-bond acceptors (Lipinski definition) is 5. The molecule has 0 saturated heterocycles. The highest BCUT2D eigenvalue weighted by molar-refractivity contribution is 5.90. The summed E-state index contributed by atoms with van der Waals surface area (Å²) in [5, 5.41) is 0.380. The fourth-order valence-electron chi connectivity index (χ4n) is 2.67. The molecule has 0 aliphatic heterocycles. The van der Waals surface area contributed by atoms with Gasteiger partial charge >= 0.3 is 5.97 Å². The van der Waals surface area contributed by atoms with E-state index in [1.807, 2.05) is 37.3 Å². The van der Waals surface area contributed by atoms with Crippen LogP contribution in [0.4, 0.5) is 0 Å². The van der Waals surface area contributed by atoms with E-state index in [1.165, 1.54) is 0 Å². The van der Waals surface area contributed by atoms with Gasteiger partial charge in [0.1, 0.15) is 5.58 Å². The lowest BCUT2D eigenvalue weighted by Gasteiger charge is -2.20. The van der Waals surface area contributed by atoms with Crippen molar-refractivity contribution in [1.29, 1.82) is 0 Å². The lowest BCUT2D eigenvalue weighted by atomic mass is 10.2. The summed E-state index contributed by atoms with van der Waals surface area (Å²) in [5.41, 5.74) is 0.941. The standard InChI is InChI=1S/C21H19NO5/c1-2-22(13-15-8-4-3-5-9-15)20(24)14-26-21(25)19-12-17(23)16-10-6-7-11-18(16)27-19/h3-12H,2,13-14H2,1H3. The van der Waals surface area contributed by atoms with Gasteiger partial charge in [0.05, 0.1) is 5.39 Å². The van der Waals surface area contributed by atoms with Gasteiger partial charge in [-0.2, -0.15) is 0 Å². The highest BCUT2D eigenvalue weighted by Gasteiger charge is 2.18. The Morgan fingerprint density at radius 2 is 1.74 bits per heavy atom. The minimum absolute atomic E-state index is 0.224. The van der Waals surface area contributed by atoms with Crippen LogP contribution < -0.4 is 5.43 Å². The van der Waals surface area contributed by atoms with Gasteiger partial charge < -0.3 is 14.1 Å². The van der Waals surface area contributed by atoms with Crippen molar-refractivity contribution in [2.75, 3.05) is 13.2 Å². The van der Waals surface area contributed by atoms with Crippen molar-refractivity contribution >= 4 is 22.8 Å². The third kappa shape index (κ3) is 4.41. The van der Waals surface area contributed by atoms with E-state index in [4.69, 9.17) is 9.15 Å². The maximum absolute atomic E-state index is 12.4. The van der Waals surface area contributed by atoms with E-state index in [2.05, 4.69) is 0 Å². The summed E-state index contributed by atoms with van der Waals surface area (Å²) >= 11 is 0. The van der Waals surface area contributed by atoms with Crippen LogP contribution in [0.1, 0.15) is 23.0 Å². The zero-order chi connectivity index (χ0) is 19.2. The summed E-state index contributed by atoms with van der Waals surface area (Å²) in [4.78, 5) is 38.2. The largest absolute Gasteiger partial charge is 0.450 e. The van der Waals surface area contributed by atoms with Crippen molar-refractivity contribution in [3.8, 4) is 0 Å². The first-order valence-electron chi connectivity index (χ1n) is 8.60. The second-order valence-electron chi connectivity index (χ2n) is 5.94. The van der Waals surface area contributed by atoms with Crippen LogP contribution in [0.5, 0.6) is 0 Å². The fourth-order valence-corrected chi connectivity index (χ4v) is 2.67. The average Bonchev–Trinajstić information content (AvgIpc) is 2.70. The van der Waals surface area contributed by atoms with Gasteiger partial charge in [-0.1, -0.05) is 42.5 Å². The Kier molecular flexibility index (Phi) is 5.66. The van der Waals surface area contributed by atoms with Crippen molar-refractivity contribution in [2.24, 2.45) is 0 Å². The number of rotatable bonds is 6. The van der Waals surface area contributed by atoms with Gasteiger partial charge in [0.25, 0.3) is 5.91 Å². The summed E-state index contributed by atoms with van der Waals surface area (Å²) < 4.78 is 10.5. The molecule has 6 nitrogen and oxygen atoms in total. The zero-order valence-corrected chi connectivity index (χ0v) is 14.9. The van der Waals surface area contributed by atoms with E-state index in [9.17, 15) is 14.4 Å². The predicted octanol–water partition coefficient (Wildman–Crippen LogP) is 3.00. The molecule has 6 heteroatoms. The first-order chi connectivity index (χ1) is 13.1. The van der Waals surface area contributed by atoms with Crippen LogP contribution in [-0.2, 0) is 16.1 Å². The third-order valence-corrected chi connectivity index (χ3v) is 4.11. The maximum Gasteiger partial charge on any atom is 0.374 e. The number of esters is 1. The molecule has 1 aromatic heterocycles. The van der Waals surface area contributed by atoms with E-state index >= 15 is 0 Å². The Hall–Kier alpha value is -3.41. The molecule has 3 rings (SSSR count). The van der Waals surface area contributed by atoms with Crippen molar-refractivity contribution in [3.05, 3.63) is 82.2 Å². The maximum atomic E-state index is 12.4. The van der Waals surface area contributed by atoms with Crippen LogP contribution in [0, 0.1) is 0 Å². The molecule has 0 N–H and O–H groups in total. The number of para-hydroxylation sites is 1. The molecule has 1 heterocycles. The number of ether oxygens (including phenoxy) is 1. The van der Waals surface area contributed by atoms with Crippen LogP contribution in [0.2, 0.25) is 0 Å². The molecule has 0 radical (unpaired) electrons. The molecule has 0 unspecified atom stereocenters. The number of amides is 1. The molecule has 0 fully saturated rings. The van der Waals surface area contributed by atoms with Gasteiger partial charge in [-0.05, 0) is 24.6 Å². The molecule has 3 aromatic rings. The molecule has 0 saturated carbocycles. The average molecular weight is 365 g/mol. The molecular formula is C21H19NO5. The molecule has 138 valence electrons. The highest BCUT2D eigenvalue weighted by Crippen LogP contribution is 2.12. The monoisotopic (exact) mass is 365 g/mol. The smallest absolute Gasteiger partial charge is 0.374 e. The first-order valence-corrected chi connectivity index (χ1v) is 8.60. The second-order valence-corrected chi connectivity index (χ2v) is 5.94. The van der Waals surface area contributed by atoms with Gasteiger partial charge in [0, 0.05) is 19.2 Å².